The van der Waals surface area contributed by atoms with Crippen molar-refractivity contribution in [1.29, 1.82) is 0 Å². The van der Waals surface area contributed by atoms with Crippen LogP contribution in [0.2, 0.25) is 18.1 Å². The number of rotatable bonds is 5. The van der Waals surface area contributed by atoms with Gasteiger partial charge in [-0.15, -0.1) is 6.58 Å². The van der Waals surface area contributed by atoms with Gasteiger partial charge in [-0.05, 0) is 38.4 Å². The molecule has 0 aliphatic carbocycles. The van der Waals surface area contributed by atoms with Gasteiger partial charge in [0.1, 0.15) is 0 Å². The van der Waals surface area contributed by atoms with Gasteiger partial charge in [0.25, 0.3) is 0 Å². The van der Waals surface area contributed by atoms with Crippen LogP contribution in [0.15, 0.2) is 12.7 Å². The molecule has 0 aromatic carbocycles. The zero-order valence-electron chi connectivity index (χ0n) is 14.3. The molecule has 1 saturated heterocycles. The molecule has 0 aromatic rings. The van der Waals surface area contributed by atoms with Crippen LogP contribution in [0.1, 0.15) is 41.0 Å². The summed E-state index contributed by atoms with van der Waals surface area (Å²) in [6.07, 6.45) is 2.98. The normalized spacial score (nSPS) is 27.4. The SMILES string of the molecule is C=C[C@H]1COC(C)(C)O[C@@H]1CCO[Si](C)(C)C(C)(C)C. The summed E-state index contributed by atoms with van der Waals surface area (Å²) in [5.74, 6) is -0.243. The van der Waals surface area contributed by atoms with Crippen molar-refractivity contribution in [3.05, 3.63) is 12.7 Å². The fourth-order valence-corrected chi connectivity index (χ4v) is 3.09. The molecule has 3 nitrogen and oxygen atoms in total. The Kier molecular flexibility index (Phi) is 5.64. The first kappa shape index (κ1) is 17.9. The van der Waals surface area contributed by atoms with E-state index in [4.69, 9.17) is 13.9 Å². The molecule has 118 valence electrons. The zero-order chi connectivity index (χ0) is 15.6. The molecule has 2 atom stereocenters. The molecular weight excluding hydrogens is 268 g/mol. The minimum atomic E-state index is -1.67. The quantitative estimate of drug-likeness (QED) is 0.558. The summed E-state index contributed by atoms with van der Waals surface area (Å²) in [7, 11) is -1.67. The maximum atomic E-state index is 6.24. The minimum Gasteiger partial charge on any atom is -0.417 e. The Morgan fingerprint density at radius 1 is 1.35 bits per heavy atom. The molecule has 1 fully saturated rings. The van der Waals surface area contributed by atoms with Crippen molar-refractivity contribution in [2.24, 2.45) is 5.92 Å². The van der Waals surface area contributed by atoms with Crippen LogP contribution in [0.3, 0.4) is 0 Å². The highest BCUT2D eigenvalue weighted by Gasteiger charge is 2.38. The fraction of sp³-hybridized carbons (Fsp3) is 0.875. The molecule has 0 aromatic heterocycles. The van der Waals surface area contributed by atoms with Crippen LogP contribution in [0.5, 0.6) is 0 Å². The van der Waals surface area contributed by atoms with Crippen molar-refractivity contribution < 1.29 is 13.9 Å². The van der Waals surface area contributed by atoms with E-state index in [9.17, 15) is 0 Å². The molecule has 0 N–H and O–H groups in total. The second-order valence-electron chi connectivity index (χ2n) is 7.66. The van der Waals surface area contributed by atoms with Crippen molar-refractivity contribution >= 4 is 8.32 Å². The van der Waals surface area contributed by atoms with Crippen LogP contribution in [0.25, 0.3) is 0 Å². The summed E-state index contributed by atoms with van der Waals surface area (Å²) in [5.41, 5.74) is 0. The predicted octanol–water partition coefficient (Wildman–Crippen LogP) is 4.35. The van der Waals surface area contributed by atoms with Crippen LogP contribution >= 0.6 is 0 Å². The summed E-state index contributed by atoms with van der Waals surface area (Å²) in [5, 5.41) is 0.251. The highest BCUT2D eigenvalue weighted by molar-refractivity contribution is 6.74. The Labute approximate surface area is 125 Å². The third-order valence-electron chi connectivity index (χ3n) is 4.51. The number of hydrogen-bond donors (Lipinski definition) is 0. The lowest BCUT2D eigenvalue weighted by atomic mass is 9.99. The summed E-state index contributed by atoms with van der Waals surface area (Å²) >= 11 is 0. The highest BCUT2D eigenvalue weighted by atomic mass is 28.4. The van der Waals surface area contributed by atoms with Crippen molar-refractivity contribution in [3.63, 3.8) is 0 Å². The zero-order valence-corrected chi connectivity index (χ0v) is 15.3. The van der Waals surface area contributed by atoms with Gasteiger partial charge < -0.3 is 13.9 Å². The van der Waals surface area contributed by atoms with Crippen molar-refractivity contribution in [2.45, 2.75) is 71.1 Å². The first-order chi connectivity index (χ1) is 8.98. The first-order valence-corrected chi connectivity index (χ1v) is 10.5. The van der Waals surface area contributed by atoms with Crippen molar-refractivity contribution in [3.8, 4) is 0 Å². The standard InChI is InChI=1S/C16H32O3Si/c1-9-13-12-17-16(5,6)19-14(13)10-11-18-20(7,8)15(2,3)4/h9,13-14H,1,10-12H2,2-8H3/t13-,14+/m0/s1. The molecule has 1 aliphatic heterocycles. The number of ether oxygens (including phenoxy) is 2. The average molecular weight is 301 g/mol. The lowest BCUT2D eigenvalue weighted by Gasteiger charge is -2.41. The molecule has 1 aliphatic rings. The summed E-state index contributed by atoms with van der Waals surface area (Å²) in [6.45, 7) is 20.6. The van der Waals surface area contributed by atoms with Crippen LogP contribution < -0.4 is 0 Å². The second kappa shape index (κ2) is 6.30. The van der Waals surface area contributed by atoms with Crippen molar-refractivity contribution in [2.75, 3.05) is 13.2 Å². The summed E-state index contributed by atoms with van der Waals surface area (Å²) in [4.78, 5) is 0. The maximum Gasteiger partial charge on any atom is 0.191 e. The van der Waals surface area contributed by atoms with E-state index < -0.39 is 14.1 Å². The van der Waals surface area contributed by atoms with Crippen LogP contribution in [-0.2, 0) is 13.9 Å². The Morgan fingerprint density at radius 2 is 1.95 bits per heavy atom. The molecule has 0 bridgehead atoms. The van der Waals surface area contributed by atoms with E-state index in [2.05, 4.69) is 40.4 Å². The van der Waals surface area contributed by atoms with E-state index >= 15 is 0 Å². The monoisotopic (exact) mass is 300 g/mol. The fourth-order valence-electron chi connectivity index (χ4n) is 2.03. The third kappa shape index (κ3) is 4.69. The Morgan fingerprint density at radius 3 is 2.45 bits per heavy atom. The topological polar surface area (TPSA) is 27.7 Å². The van der Waals surface area contributed by atoms with Crippen LogP contribution in [-0.4, -0.2) is 33.4 Å². The lowest BCUT2D eigenvalue weighted by Crippen LogP contribution is -2.46. The first-order valence-electron chi connectivity index (χ1n) is 7.57. The molecule has 1 rings (SSSR count). The molecule has 0 amide bonds. The molecule has 1 heterocycles. The summed E-state index contributed by atoms with van der Waals surface area (Å²) < 4.78 is 17.9. The van der Waals surface area contributed by atoms with Crippen LogP contribution in [0, 0.1) is 5.92 Å². The van der Waals surface area contributed by atoms with Gasteiger partial charge in [-0.25, -0.2) is 0 Å². The smallest absolute Gasteiger partial charge is 0.191 e. The molecule has 0 spiro atoms. The van der Waals surface area contributed by atoms with E-state index in [1.807, 2.05) is 19.9 Å². The molecule has 4 heteroatoms. The largest absolute Gasteiger partial charge is 0.417 e. The van der Waals surface area contributed by atoms with E-state index in [1.165, 1.54) is 0 Å². The van der Waals surface area contributed by atoms with E-state index in [0.29, 0.717) is 6.61 Å². The third-order valence-corrected chi connectivity index (χ3v) is 9.05. The van der Waals surface area contributed by atoms with Gasteiger partial charge in [-0.2, -0.15) is 0 Å². The van der Waals surface area contributed by atoms with Gasteiger partial charge in [0.15, 0.2) is 14.1 Å². The summed E-state index contributed by atoms with van der Waals surface area (Å²) in [6, 6.07) is 0. The van der Waals surface area contributed by atoms with Gasteiger partial charge >= 0.3 is 0 Å². The molecule has 0 unspecified atom stereocenters. The Balaban J connectivity index is 2.53. The molecule has 0 radical (unpaired) electrons. The van der Waals surface area contributed by atoms with Crippen LogP contribution in [0.4, 0.5) is 0 Å². The average Bonchev–Trinajstić information content (AvgIpc) is 2.26. The van der Waals surface area contributed by atoms with Gasteiger partial charge in [0.2, 0.25) is 0 Å². The van der Waals surface area contributed by atoms with E-state index in [-0.39, 0.29) is 17.1 Å². The van der Waals surface area contributed by atoms with Gasteiger partial charge in [-0.1, -0.05) is 26.8 Å². The molecular formula is C16H32O3Si. The molecule has 0 saturated carbocycles. The Bertz CT molecular complexity index is 331. The Hall–Kier alpha value is -0.163. The molecule has 20 heavy (non-hydrogen) atoms. The maximum absolute atomic E-state index is 6.24. The second-order valence-corrected chi connectivity index (χ2v) is 12.5. The highest BCUT2D eigenvalue weighted by Crippen LogP contribution is 2.37. The van der Waals surface area contributed by atoms with E-state index in [0.717, 1.165) is 13.0 Å². The van der Waals surface area contributed by atoms with Gasteiger partial charge in [0.05, 0.1) is 12.7 Å². The minimum absolute atomic E-state index is 0.140. The van der Waals surface area contributed by atoms with Gasteiger partial charge in [-0.3, -0.25) is 0 Å². The van der Waals surface area contributed by atoms with Gasteiger partial charge in [0, 0.05) is 12.5 Å². The van der Waals surface area contributed by atoms with Crippen molar-refractivity contribution in [1.82, 2.24) is 0 Å². The van der Waals surface area contributed by atoms with E-state index in [1.54, 1.807) is 0 Å². The predicted molar refractivity (Wildman–Crippen MR) is 86.4 cm³/mol. The lowest BCUT2D eigenvalue weighted by molar-refractivity contribution is -0.288. The number of hydrogen-bond acceptors (Lipinski definition) is 3.